The van der Waals surface area contributed by atoms with Gasteiger partial charge < -0.3 is 10.1 Å². The van der Waals surface area contributed by atoms with Gasteiger partial charge in [0, 0.05) is 5.69 Å². The monoisotopic (exact) mass is 436 g/mol. The number of ether oxygens (including phenoxy) is 1. The number of nitrogens with zero attached hydrogens (tertiary/aromatic N) is 1. The number of hydrogen-bond donors (Lipinski definition) is 1. The molecule has 0 bridgehead atoms. The molecule has 4 rings (SSSR count). The average molecular weight is 437 g/mol. The van der Waals surface area contributed by atoms with Crippen molar-refractivity contribution in [1.82, 2.24) is 0 Å². The molecule has 0 radical (unpaired) electrons. The summed E-state index contributed by atoms with van der Waals surface area (Å²) in [6.07, 6.45) is -0.223. The lowest BCUT2D eigenvalue weighted by atomic mass is 10.1. The van der Waals surface area contributed by atoms with E-state index < -0.39 is 16.1 Å². The summed E-state index contributed by atoms with van der Waals surface area (Å²) in [5, 5.41) is 2.90. The smallest absolute Gasteiger partial charge is 0.267 e. The van der Waals surface area contributed by atoms with Crippen molar-refractivity contribution < 1.29 is 17.9 Å². The van der Waals surface area contributed by atoms with Gasteiger partial charge in [-0.25, -0.2) is 8.42 Å². The minimum absolute atomic E-state index is 0.118. The second-order valence-electron chi connectivity index (χ2n) is 7.42. The van der Waals surface area contributed by atoms with E-state index in [1.807, 2.05) is 38.1 Å². The third kappa shape index (κ3) is 4.14. The van der Waals surface area contributed by atoms with E-state index in [-0.39, 0.29) is 17.3 Å². The Bertz CT molecular complexity index is 1210. The highest BCUT2D eigenvalue weighted by atomic mass is 32.2. The second kappa shape index (κ2) is 8.43. The number of amides is 1. The molecule has 7 heteroatoms. The largest absolute Gasteiger partial charge is 0.476 e. The van der Waals surface area contributed by atoms with Crippen LogP contribution in [0, 0.1) is 6.92 Å². The number of carbonyl (C=O) groups is 1. The molecule has 0 aliphatic carbocycles. The van der Waals surface area contributed by atoms with Crippen LogP contribution >= 0.6 is 0 Å². The highest BCUT2D eigenvalue weighted by Gasteiger charge is 2.37. The van der Waals surface area contributed by atoms with Gasteiger partial charge in [0.25, 0.3) is 15.9 Å². The maximum absolute atomic E-state index is 13.4. The summed E-state index contributed by atoms with van der Waals surface area (Å²) >= 11 is 0. The molecule has 0 aromatic heterocycles. The van der Waals surface area contributed by atoms with Crippen LogP contribution in [0.4, 0.5) is 11.4 Å². The molecule has 31 heavy (non-hydrogen) atoms. The molecule has 0 fully saturated rings. The third-order valence-corrected chi connectivity index (χ3v) is 7.09. The van der Waals surface area contributed by atoms with Crippen LogP contribution in [0.2, 0.25) is 0 Å². The summed E-state index contributed by atoms with van der Waals surface area (Å²) in [6.45, 7) is 3.79. The number of aryl methyl sites for hydroxylation is 2. The second-order valence-corrected chi connectivity index (χ2v) is 9.29. The molecule has 0 saturated heterocycles. The zero-order valence-electron chi connectivity index (χ0n) is 17.4. The summed E-state index contributed by atoms with van der Waals surface area (Å²) in [7, 11) is -3.87. The van der Waals surface area contributed by atoms with Gasteiger partial charge in [-0.1, -0.05) is 55.0 Å². The van der Waals surface area contributed by atoms with Crippen LogP contribution in [-0.4, -0.2) is 27.0 Å². The highest BCUT2D eigenvalue weighted by Crippen LogP contribution is 2.37. The van der Waals surface area contributed by atoms with Crippen molar-refractivity contribution in [3.05, 3.63) is 83.9 Å². The fraction of sp³-hybridized carbons (Fsp3) is 0.208. The molecule has 1 aliphatic heterocycles. The van der Waals surface area contributed by atoms with Crippen LogP contribution in [-0.2, 0) is 21.2 Å². The topological polar surface area (TPSA) is 75.7 Å². The lowest BCUT2D eigenvalue weighted by molar-refractivity contribution is -0.122. The Balaban J connectivity index is 1.67. The van der Waals surface area contributed by atoms with Gasteiger partial charge in [0.1, 0.15) is 5.75 Å². The molecule has 0 unspecified atom stereocenters. The molecule has 1 atom stereocenters. The lowest BCUT2D eigenvalue weighted by Gasteiger charge is -2.34. The van der Waals surface area contributed by atoms with Gasteiger partial charge in [-0.3, -0.25) is 9.10 Å². The predicted molar refractivity (Wildman–Crippen MR) is 121 cm³/mol. The van der Waals surface area contributed by atoms with Crippen molar-refractivity contribution in [2.45, 2.75) is 31.3 Å². The van der Waals surface area contributed by atoms with Crippen molar-refractivity contribution in [3.8, 4) is 5.75 Å². The van der Waals surface area contributed by atoms with Crippen LogP contribution in [0.5, 0.6) is 5.75 Å². The number of hydrogen-bond acceptors (Lipinski definition) is 4. The number of fused-ring (bicyclic) bond motifs is 1. The Morgan fingerprint density at radius 2 is 1.71 bits per heavy atom. The van der Waals surface area contributed by atoms with Crippen LogP contribution in [0.1, 0.15) is 18.1 Å². The molecule has 3 aromatic carbocycles. The minimum Gasteiger partial charge on any atom is -0.476 e. The Hall–Kier alpha value is -3.32. The maximum atomic E-state index is 13.4. The van der Waals surface area contributed by atoms with Gasteiger partial charge in [0.05, 0.1) is 17.1 Å². The van der Waals surface area contributed by atoms with Crippen molar-refractivity contribution in [1.29, 1.82) is 0 Å². The van der Waals surface area contributed by atoms with E-state index in [1.54, 1.807) is 48.5 Å². The predicted octanol–water partition coefficient (Wildman–Crippen LogP) is 4.15. The number of sulfonamides is 1. The van der Waals surface area contributed by atoms with Crippen LogP contribution < -0.4 is 14.4 Å². The summed E-state index contributed by atoms with van der Waals surface area (Å²) < 4.78 is 34.0. The van der Waals surface area contributed by atoms with E-state index in [0.29, 0.717) is 17.1 Å². The standard InChI is InChI=1S/C24H24N2O4S/c1-3-18-8-4-5-9-20(18)25-24(27)23-16-26(21-10-6-7-11-22(21)30-23)31(28,29)19-14-12-17(2)13-15-19/h4-15,23H,3,16H2,1-2H3,(H,25,27)/t23-/m0/s1. The summed E-state index contributed by atoms with van der Waals surface area (Å²) in [5.41, 5.74) is 3.08. The summed E-state index contributed by atoms with van der Waals surface area (Å²) in [4.78, 5) is 13.2. The van der Waals surface area contributed by atoms with E-state index in [1.165, 1.54) is 4.31 Å². The Labute approximate surface area is 182 Å². The van der Waals surface area contributed by atoms with Crippen molar-refractivity contribution in [2.75, 3.05) is 16.2 Å². The highest BCUT2D eigenvalue weighted by molar-refractivity contribution is 7.92. The quantitative estimate of drug-likeness (QED) is 0.652. The molecule has 1 N–H and O–H groups in total. The molecule has 1 heterocycles. The molecule has 0 spiro atoms. The first-order valence-corrected chi connectivity index (χ1v) is 11.6. The summed E-state index contributed by atoms with van der Waals surface area (Å²) in [5.74, 6) is -0.0344. The van der Waals surface area contributed by atoms with Crippen LogP contribution in [0.3, 0.4) is 0 Å². The first-order chi connectivity index (χ1) is 14.9. The zero-order chi connectivity index (χ0) is 22.0. The fourth-order valence-corrected chi connectivity index (χ4v) is 5.04. The van der Waals surface area contributed by atoms with E-state index >= 15 is 0 Å². The third-order valence-electron chi connectivity index (χ3n) is 5.29. The van der Waals surface area contributed by atoms with Gasteiger partial charge >= 0.3 is 0 Å². The molecule has 0 saturated carbocycles. The van der Waals surface area contributed by atoms with Crippen LogP contribution in [0.15, 0.2) is 77.7 Å². The molecular formula is C24H24N2O4S. The normalized spacial score (nSPS) is 15.7. The number of para-hydroxylation sites is 3. The Morgan fingerprint density at radius 3 is 2.45 bits per heavy atom. The number of nitrogens with one attached hydrogen (secondary N) is 1. The number of anilines is 2. The molecule has 1 aliphatic rings. The van der Waals surface area contributed by atoms with Gasteiger partial charge in [-0.15, -0.1) is 0 Å². The van der Waals surface area contributed by atoms with Gasteiger partial charge in [-0.2, -0.15) is 0 Å². The van der Waals surface area contributed by atoms with Gasteiger partial charge in [0.15, 0.2) is 6.10 Å². The first-order valence-electron chi connectivity index (χ1n) is 10.1. The Morgan fingerprint density at radius 1 is 1.03 bits per heavy atom. The maximum Gasteiger partial charge on any atom is 0.267 e. The van der Waals surface area contributed by atoms with Crippen LogP contribution in [0.25, 0.3) is 0 Å². The number of benzene rings is 3. The SMILES string of the molecule is CCc1ccccc1NC(=O)[C@@H]1CN(S(=O)(=O)c2ccc(C)cc2)c2ccccc2O1. The minimum atomic E-state index is -3.87. The van der Waals surface area contributed by atoms with Gasteiger partial charge in [-0.05, 0) is 49.2 Å². The van der Waals surface area contributed by atoms with E-state index in [2.05, 4.69) is 5.32 Å². The zero-order valence-corrected chi connectivity index (χ0v) is 18.2. The number of rotatable bonds is 5. The fourth-order valence-electron chi connectivity index (χ4n) is 3.57. The van der Waals surface area contributed by atoms with Crippen molar-refractivity contribution in [2.24, 2.45) is 0 Å². The number of carbonyl (C=O) groups excluding carboxylic acids is 1. The van der Waals surface area contributed by atoms with E-state index in [9.17, 15) is 13.2 Å². The average Bonchev–Trinajstić information content (AvgIpc) is 2.79. The van der Waals surface area contributed by atoms with Crippen molar-refractivity contribution in [3.63, 3.8) is 0 Å². The molecular weight excluding hydrogens is 412 g/mol. The molecule has 160 valence electrons. The van der Waals surface area contributed by atoms with E-state index in [4.69, 9.17) is 4.74 Å². The molecule has 6 nitrogen and oxygen atoms in total. The Kier molecular flexibility index (Phi) is 5.69. The lowest BCUT2D eigenvalue weighted by Crippen LogP contribution is -2.48. The first kappa shape index (κ1) is 20.9. The van der Waals surface area contributed by atoms with Crippen molar-refractivity contribution >= 4 is 27.3 Å². The molecule has 3 aromatic rings. The molecule has 1 amide bonds. The van der Waals surface area contributed by atoms with Gasteiger partial charge in [0.2, 0.25) is 0 Å². The summed E-state index contributed by atoms with van der Waals surface area (Å²) in [6, 6.07) is 21.1. The van der Waals surface area contributed by atoms with E-state index in [0.717, 1.165) is 17.5 Å².